The van der Waals surface area contributed by atoms with Crippen LogP contribution >= 0.6 is 35.0 Å². The first-order valence-corrected chi connectivity index (χ1v) is 7.57. The summed E-state index contributed by atoms with van der Waals surface area (Å²) in [7, 11) is 0. The number of carbonyl (C=O) groups excluding carboxylic acids is 1. The third-order valence-corrected chi connectivity index (χ3v) is 4.45. The highest BCUT2D eigenvalue weighted by Crippen LogP contribution is 2.36. The summed E-state index contributed by atoms with van der Waals surface area (Å²) in [6, 6.07) is 17.7. The first kappa shape index (κ1) is 14.4. The van der Waals surface area contributed by atoms with Crippen LogP contribution in [0, 0.1) is 0 Å². The molecule has 0 saturated carbocycles. The van der Waals surface area contributed by atoms with Gasteiger partial charge in [-0.15, -0.1) is 11.8 Å². The molecule has 19 heavy (non-hydrogen) atoms. The summed E-state index contributed by atoms with van der Waals surface area (Å²) < 4.78 is 0. The van der Waals surface area contributed by atoms with Crippen LogP contribution in [0.25, 0.3) is 0 Å². The predicted molar refractivity (Wildman–Crippen MR) is 83.1 cm³/mol. The van der Waals surface area contributed by atoms with E-state index in [1.54, 1.807) is 0 Å². The zero-order chi connectivity index (χ0) is 13.7. The highest BCUT2D eigenvalue weighted by molar-refractivity contribution is 8.00. The van der Waals surface area contributed by atoms with Crippen LogP contribution in [0.2, 0.25) is 5.02 Å². The highest BCUT2D eigenvalue weighted by atomic mass is 35.5. The smallest absolute Gasteiger partial charge is 0.231 e. The molecule has 0 bridgehead atoms. The van der Waals surface area contributed by atoms with Crippen LogP contribution in [-0.4, -0.2) is 11.0 Å². The van der Waals surface area contributed by atoms with E-state index in [2.05, 4.69) is 0 Å². The number of halogens is 2. The normalized spacial score (nSPS) is 12.1. The van der Waals surface area contributed by atoms with Gasteiger partial charge >= 0.3 is 0 Å². The highest BCUT2D eigenvalue weighted by Gasteiger charge is 2.16. The molecule has 2 aromatic rings. The van der Waals surface area contributed by atoms with Crippen molar-refractivity contribution in [2.24, 2.45) is 0 Å². The molecule has 0 fully saturated rings. The Morgan fingerprint density at radius 2 is 1.74 bits per heavy atom. The molecule has 1 nitrogen and oxygen atoms in total. The SMILES string of the molecule is O=C(Cl)CSC(c1ccccc1)c1cccc(Cl)c1. The first-order valence-electron chi connectivity index (χ1n) is 5.77. The molecule has 4 heteroatoms. The van der Waals surface area contributed by atoms with E-state index < -0.39 is 0 Å². The third-order valence-electron chi connectivity index (χ3n) is 2.62. The van der Waals surface area contributed by atoms with Gasteiger partial charge in [0.2, 0.25) is 5.24 Å². The monoisotopic (exact) mass is 310 g/mol. The minimum absolute atomic E-state index is 0.0580. The molecule has 0 aliphatic heterocycles. The van der Waals surface area contributed by atoms with E-state index in [0.717, 1.165) is 11.1 Å². The fraction of sp³-hybridized carbons (Fsp3) is 0.133. The summed E-state index contributed by atoms with van der Waals surface area (Å²) in [4.78, 5) is 11.0. The summed E-state index contributed by atoms with van der Waals surface area (Å²) in [6.07, 6.45) is 0. The second-order valence-electron chi connectivity index (χ2n) is 4.01. The van der Waals surface area contributed by atoms with Crippen molar-refractivity contribution >= 4 is 40.2 Å². The Morgan fingerprint density at radius 3 is 2.37 bits per heavy atom. The number of thioether (sulfide) groups is 1. The molecule has 0 spiro atoms. The summed E-state index contributed by atoms with van der Waals surface area (Å²) in [5.74, 6) is 0.271. The zero-order valence-corrected chi connectivity index (χ0v) is 12.4. The van der Waals surface area contributed by atoms with Gasteiger partial charge in [-0.2, -0.15) is 0 Å². The van der Waals surface area contributed by atoms with Crippen molar-refractivity contribution < 1.29 is 4.79 Å². The Hall–Kier alpha value is -0.960. The first-order chi connectivity index (χ1) is 9.16. The van der Waals surface area contributed by atoms with Crippen molar-refractivity contribution in [3.8, 4) is 0 Å². The van der Waals surface area contributed by atoms with E-state index in [4.69, 9.17) is 23.2 Å². The molecule has 0 aromatic heterocycles. The van der Waals surface area contributed by atoms with Gasteiger partial charge in [0.15, 0.2) is 0 Å². The van der Waals surface area contributed by atoms with Gasteiger partial charge in [-0.3, -0.25) is 4.79 Å². The molecule has 0 aliphatic carbocycles. The van der Waals surface area contributed by atoms with Crippen molar-refractivity contribution in [2.45, 2.75) is 5.25 Å². The van der Waals surface area contributed by atoms with Crippen molar-refractivity contribution in [1.82, 2.24) is 0 Å². The molecule has 0 N–H and O–H groups in total. The van der Waals surface area contributed by atoms with E-state index >= 15 is 0 Å². The molecule has 0 amide bonds. The van der Waals surface area contributed by atoms with E-state index in [1.807, 2.05) is 54.6 Å². The lowest BCUT2D eigenvalue weighted by Crippen LogP contribution is -2.00. The van der Waals surface area contributed by atoms with Crippen molar-refractivity contribution in [1.29, 1.82) is 0 Å². The summed E-state index contributed by atoms with van der Waals surface area (Å²) in [5.41, 5.74) is 2.20. The second kappa shape index (κ2) is 6.99. The van der Waals surface area contributed by atoms with Crippen LogP contribution in [0.3, 0.4) is 0 Å². The molecule has 1 atom stereocenters. The largest absolute Gasteiger partial charge is 0.280 e. The number of carbonyl (C=O) groups is 1. The van der Waals surface area contributed by atoms with Gasteiger partial charge in [0.25, 0.3) is 0 Å². The van der Waals surface area contributed by atoms with Gasteiger partial charge in [-0.05, 0) is 34.9 Å². The Morgan fingerprint density at radius 1 is 1.05 bits per heavy atom. The molecule has 0 aliphatic rings. The molecule has 2 rings (SSSR count). The Labute approximate surface area is 126 Å². The van der Waals surface area contributed by atoms with E-state index in [0.29, 0.717) is 5.02 Å². The maximum Gasteiger partial charge on any atom is 0.231 e. The van der Waals surface area contributed by atoms with Crippen molar-refractivity contribution in [2.75, 3.05) is 5.75 Å². The van der Waals surface area contributed by atoms with E-state index in [1.165, 1.54) is 11.8 Å². The predicted octanol–water partition coefficient (Wildman–Crippen LogP) is 4.93. The molecule has 98 valence electrons. The lowest BCUT2D eigenvalue weighted by Gasteiger charge is -2.17. The standard InChI is InChI=1S/C15H12Cl2OS/c16-13-8-4-7-12(9-13)15(19-10-14(17)18)11-5-2-1-3-6-11/h1-9,15H,10H2. The quantitative estimate of drug-likeness (QED) is 0.728. The molecular weight excluding hydrogens is 299 g/mol. The average Bonchev–Trinajstić information content (AvgIpc) is 2.40. The fourth-order valence-corrected chi connectivity index (χ4v) is 3.21. The van der Waals surface area contributed by atoms with Crippen LogP contribution in [0.5, 0.6) is 0 Å². The number of hydrogen-bond acceptors (Lipinski definition) is 2. The third kappa shape index (κ3) is 4.27. The minimum atomic E-state index is -0.340. The van der Waals surface area contributed by atoms with Crippen LogP contribution in [-0.2, 0) is 4.79 Å². The lowest BCUT2D eigenvalue weighted by molar-refractivity contribution is -0.109. The fourth-order valence-electron chi connectivity index (χ4n) is 1.83. The Kier molecular flexibility index (Phi) is 5.32. The summed E-state index contributed by atoms with van der Waals surface area (Å²) in [6.45, 7) is 0. The zero-order valence-electron chi connectivity index (χ0n) is 10.1. The van der Waals surface area contributed by atoms with Crippen molar-refractivity contribution in [3.63, 3.8) is 0 Å². The van der Waals surface area contributed by atoms with E-state index in [-0.39, 0.29) is 16.2 Å². The van der Waals surface area contributed by atoms with Gasteiger partial charge in [-0.25, -0.2) is 0 Å². The van der Waals surface area contributed by atoms with Gasteiger partial charge in [0, 0.05) is 5.02 Å². The number of benzene rings is 2. The maximum absolute atomic E-state index is 11.0. The molecule has 0 saturated heterocycles. The summed E-state index contributed by atoms with van der Waals surface area (Å²) in [5, 5.41) is 0.409. The van der Waals surface area contributed by atoms with Crippen LogP contribution < -0.4 is 0 Å². The molecule has 0 heterocycles. The Bertz CT molecular complexity index is 557. The van der Waals surface area contributed by atoms with Crippen LogP contribution in [0.15, 0.2) is 54.6 Å². The minimum Gasteiger partial charge on any atom is -0.280 e. The van der Waals surface area contributed by atoms with E-state index in [9.17, 15) is 4.79 Å². The summed E-state index contributed by atoms with van der Waals surface area (Å²) >= 11 is 13.0. The van der Waals surface area contributed by atoms with Gasteiger partial charge < -0.3 is 0 Å². The lowest BCUT2D eigenvalue weighted by atomic mass is 10.0. The molecule has 1 unspecified atom stereocenters. The number of rotatable bonds is 5. The second-order valence-corrected chi connectivity index (χ2v) is 5.96. The van der Waals surface area contributed by atoms with Gasteiger partial charge in [0.05, 0.1) is 11.0 Å². The van der Waals surface area contributed by atoms with Crippen LogP contribution in [0.1, 0.15) is 16.4 Å². The molecule has 2 aromatic carbocycles. The molecule has 0 radical (unpaired) electrons. The topological polar surface area (TPSA) is 17.1 Å². The average molecular weight is 311 g/mol. The molecular formula is C15H12Cl2OS. The number of hydrogen-bond donors (Lipinski definition) is 0. The Balaban J connectivity index is 2.31. The van der Waals surface area contributed by atoms with Gasteiger partial charge in [-0.1, -0.05) is 54.1 Å². The van der Waals surface area contributed by atoms with Crippen molar-refractivity contribution in [3.05, 3.63) is 70.7 Å². The van der Waals surface area contributed by atoms with Gasteiger partial charge in [0.1, 0.15) is 0 Å². The maximum atomic E-state index is 11.0. The van der Waals surface area contributed by atoms with Crippen LogP contribution in [0.4, 0.5) is 0 Å².